The molecule has 0 aliphatic carbocycles. The third kappa shape index (κ3) is 6.10. The normalized spacial score (nSPS) is 11.3. The fourth-order valence-electron chi connectivity index (χ4n) is 3.83. The van der Waals surface area contributed by atoms with Gasteiger partial charge in [0, 0.05) is 0 Å². The molecular formula is C31H26O8S. The zero-order valence-electron chi connectivity index (χ0n) is 21.3. The van der Waals surface area contributed by atoms with Crippen LogP contribution in [-0.2, 0) is 58.3 Å². The quantitative estimate of drug-likeness (QED) is 0.151. The van der Waals surface area contributed by atoms with Gasteiger partial charge in [-0.2, -0.15) is 0 Å². The van der Waals surface area contributed by atoms with Crippen molar-refractivity contribution >= 4 is 27.7 Å². The molecule has 4 aromatic rings. The molecule has 0 spiro atoms. The summed E-state index contributed by atoms with van der Waals surface area (Å²) in [6.07, 6.45) is 0. The molecule has 0 heterocycles. The topological polar surface area (TPSA) is 113 Å². The molecule has 9 heteroatoms. The predicted molar refractivity (Wildman–Crippen MR) is 145 cm³/mol. The lowest BCUT2D eigenvalue weighted by Crippen LogP contribution is -2.61. The van der Waals surface area contributed by atoms with Crippen molar-refractivity contribution in [2.45, 2.75) is 29.5 Å². The van der Waals surface area contributed by atoms with E-state index in [1.165, 1.54) is 24.3 Å². The molecule has 0 N–H and O–H groups in total. The molecule has 0 fully saturated rings. The maximum absolute atomic E-state index is 14.1. The summed E-state index contributed by atoms with van der Waals surface area (Å²) in [5, 5.41) is 0. The van der Waals surface area contributed by atoms with Crippen LogP contribution < -0.4 is 0 Å². The van der Waals surface area contributed by atoms with Gasteiger partial charge in [-0.05, 0) is 28.8 Å². The predicted octanol–water partition coefficient (Wildman–Crippen LogP) is 4.43. The molecule has 4 aromatic carbocycles. The van der Waals surface area contributed by atoms with Crippen molar-refractivity contribution in [3.8, 4) is 0 Å². The molecule has 0 bridgehead atoms. The number of carbonyl (C=O) groups is 3. The van der Waals surface area contributed by atoms with Crippen LogP contribution in [0, 0.1) is 0 Å². The molecular weight excluding hydrogens is 532 g/mol. The van der Waals surface area contributed by atoms with E-state index >= 15 is 0 Å². The molecule has 0 atom stereocenters. The van der Waals surface area contributed by atoms with Crippen LogP contribution in [0.2, 0.25) is 0 Å². The van der Waals surface area contributed by atoms with Crippen LogP contribution in [0.15, 0.2) is 126 Å². The van der Waals surface area contributed by atoms with Gasteiger partial charge in [-0.15, -0.1) is 0 Å². The summed E-state index contributed by atoms with van der Waals surface area (Å²) in [6, 6.07) is 31.9. The monoisotopic (exact) mass is 558 g/mol. The highest BCUT2D eigenvalue weighted by molar-refractivity contribution is 7.95. The van der Waals surface area contributed by atoms with Crippen LogP contribution >= 0.6 is 0 Å². The number of sulfone groups is 1. The molecule has 4 rings (SSSR count). The summed E-state index contributed by atoms with van der Waals surface area (Å²) < 4.78 is 40.7. The van der Waals surface area contributed by atoms with E-state index in [0.29, 0.717) is 16.7 Å². The number of ether oxygens (including phenoxy) is 3. The van der Waals surface area contributed by atoms with E-state index in [2.05, 4.69) is 0 Å². The highest BCUT2D eigenvalue weighted by Crippen LogP contribution is 2.32. The molecule has 0 unspecified atom stereocenters. The zero-order chi connectivity index (χ0) is 28.4. The maximum atomic E-state index is 14.1. The standard InChI is InChI=1S/C31H26O8S/c32-28(37-21-24-13-5-1-6-14-24)31(40(35,36)27-19-11-4-12-20-27,29(33)38-22-25-15-7-2-8-16-25)30(34)39-23-26-17-9-3-10-18-26/h1-20H,21-23H2. The van der Waals surface area contributed by atoms with Gasteiger partial charge in [-0.25, -0.2) is 22.8 Å². The van der Waals surface area contributed by atoms with E-state index in [4.69, 9.17) is 14.2 Å². The fraction of sp³-hybridized carbons (Fsp3) is 0.129. The van der Waals surface area contributed by atoms with Crippen molar-refractivity contribution in [2.24, 2.45) is 0 Å². The molecule has 8 nitrogen and oxygen atoms in total. The molecule has 0 saturated carbocycles. The van der Waals surface area contributed by atoms with Crippen LogP contribution in [0.3, 0.4) is 0 Å². The SMILES string of the molecule is O=C(OCc1ccccc1)C(C(=O)OCc1ccccc1)(C(=O)OCc1ccccc1)S(=O)(=O)c1ccccc1. The Kier molecular flexibility index (Phi) is 9.08. The van der Waals surface area contributed by atoms with Gasteiger partial charge in [0.25, 0.3) is 0 Å². The van der Waals surface area contributed by atoms with Crippen LogP contribution in [-0.4, -0.2) is 31.1 Å². The molecule has 0 saturated heterocycles. The summed E-state index contributed by atoms with van der Waals surface area (Å²) in [5.41, 5.74) is 1.53. The molecule has 204 valence electrons. The molecule has 40 heavy (non-hydrogen) atoms. The molecule has 0 aliphatic heterocycles. The Bertz CT molecular complexity index is 1400. The minimum Gasteiger partial charge on any atom is -0.459 e. The Morgan fingerprint density at radius 3 is 1.05 bits per heavy atom. The van der Waals surface area contributed by atoms with E-state index in [1.54, 1.807) is 97.1 Å². The summed E-state index contributed by atoms with van der Waals surface area (Å²) in [6.45, 7) is -1.20. The number of hydrogen-bond donors (Lipinski definition) is 0. The first-order valence-electron chi connectivity index (χ1n) is 12.3. The second kappa shape index (κ2) is 12.9. The minimum absolute atomic E-state index is 0.399. The smallest absolute Gasteiger partial charge is 0.363 e. The second-order valence-electron chi connectivity index (χ2n) is 8.68. The minimum atomic E-state index is -5.10. The van der Waals surface area contributed by atoms with Gasteiger partial charge < -0.3 is 14.2 Å². The molecule has 0 aromatic heterocycles. The first-order chi connectivity index (χ1) is 19.4. The Morgan fingerprint density at radius 1 is 0.475 bits per heavy atom. The van der Waals surface area contributed by atoms with Crippen molar-refractivity contribution in [3.63, 3.8) is 0 Å². The molecule has 0 aliphatic rings. The van der Waals surface area contributed by atoms with Gasteiger partial charge in [0.2, 0.25) is 9.84 Å². The number of rotatable bonds is 11. The van der Waals surface area contributed by atoms with Crippen molar-refractivity contribution in [1.82, 2.24) is 0 Å². The van der Waals surface area contributed by atoms with Crippen LogP contribution in [0.5, 0.6) is 0 Å². The Morgan fingerprint density at radius 2 is 0.750 bits per heavy atom. The average Bonchev–Trinajstić information content (AvgIpc) is 3.00. The van der Waals surface area contributed by atoms with Crippen molar-refractivity contribution in [1.29, 1.82) is 0 Å². The third-order valence-electron chi connectivity index (χ3n) is 5.96. The van der Waals surface area contributed by atoms with E-state index in [-0.39, 0.29) is 0 Å². The summed E-state index contributed by atoms with van der Waals surface area (Å²) in [7, 11) is -5.10. The zero-order valence-corrected chi connectivity index (χ0v) is 22.2. The Hall–Kier alpha value is -4.76. The number of esters is 3. The first kappa shape index (κ1) is 28.3. The largest absolute Gasteiger partial charge is 0.459 e. The Balaban J connectivity index is 1.78. The van der Waals surface area contributed by atoms with Gasteiger partial charge in [-0.3, -0.25) is 0 Å². The lowest BCUT2D eigenvalue weighted by Gasteiger charge is -2.27. The van der Waals surface area contributed by atoms with Gasteiger partial charge in [0.05, 0.1) is 4.90 Å². The lowest BCUT2D eigenvalue weighted by atomic mass is 10.1. The number of benzene rings is 4. The van der Waals surface area contributed by atoms with Gasteiger partial charge in [-0.1, -0.05) is 109 Å². The third-order valence-corrected chi connectivity index (χ3v) is 8.16. The second-order valence-corrected chi connectivity index (χ2v) is 10.8. The van der Waals surface area contributed by atoms with E-state index < -0.39 is 57.2 Å². The lowest BCUT2D eigenvalue weighted by molar-refractivity contribution is -0.171. The van der Waals surface area contributed by atoms with E-state index in [1.807, 2.05) is 0 Å². The van der Waals surface area contributed by atoms with Gasteiger partial charge in [0.1, 0.15) is 19.8 Å². The van der Waals surface area contributed by atoms with E-state index in [0.717, 1.165) is 0 Å². The van der Waals surface area contributed by atoms with Gasteiger partial charge in [0.15, 0.2) is 0 Å². The highest BCUT2D eigenvalue weighted by atomic mass is 32.2. The molecule has 0 radical (unpaired) electrons. The van der Waals surface area contributed by atoms with Crippen molar-refractivity contribution in [2.75, 3.05) is 0 Å². The van der Waals surface area contributed by atoms with E-state index in [9.17, 15) is 22.8 Å². The maximum Gasteiger partial charge on any atom is 0.363 e. The Labute approximate surface area is 232 Å². The van der Waals surface area contributed by atoms with Crippen LogP contribution in [0.25, 0.3) is 0 Å². The van der Waals surface area contributed by atoms with Crippen LogP contribution in [0.4, 0.5) is 0 Å². The molecule has 0 amide bonds. The number of carbonyl (C=O) groups excluding carboxylic acids is 3. The first-order valence-corrected chi connectivity index (χ1v) is 13.8. The van der Waals surface area contributed by atoms with Crippen LogP contribution in [0.1, 0.15) is 16.7 Å². The summed E-state index contributed by atoms with van der Waals surface area (Å²) in [4.78, 5) is 40.8. The average molecular weight is 559 g/mol. The summed E-state index contributed by atoms with van der Waals surface area (Å²) >= 11 is 0. The van der Waals surface area contributed by atoms with Gasteiger partial charge >= 0.3 is 22.7 Å². The van der Waals surface area contributed by atoms with Crippen molar-refractivity contribution < 1.29 is 37.0 Å². The number of hydrogen-bond acceptors (Lipinski definition) is 8. The summed E-state index contributed by atoms with van der Waals surface area (Å²) in [5.74, 6) is -4.89. The highest BCUT2D eigenvalue weighted by Gasteiger charge is 2.68. The fourth-order valence-corrected chi connectivity index (χ4v) is 5.53. The van der Waals surface area contributed by atoms with Crippen molar-refractivity contribution in [3.05, 3.63) is 138 Å².